The Bertz CT molecular complexity index is 1410. The molecule has 0 unspecified atom stereocenters. The van der Waals surface area contributed by atoms with Gasteiger partial charge in [-0.2, -0.15) is 0 Å². The van der Waals surface area contributed by atoms with Gasteiger partial charge >= 0.3 is 0 Å². The van der Waals surface area contributed by atoms with E-state index in [1.165, 1.54) is 11.0 Å². The maximum atomic E-state index is 14.1. The van der Waals surface area contributed by atoms with Gasteiger partial charge < -0.3 is 10.2 Å². The molecule has 1 aliphatic rings. The molecule has 0 saturated heterocycles. The number of sulfonamides is 1. The van der Waals surface area contributed by atoms with Crippen LogP contribution in [0.15, 0.2) is 78.9 Å². The first-order chi connectivity index (χ1) is 19.1. The summed E-state index contributed by atoms with van der Waals surface area (Å²) in [5, 5.41) is 4.04. The van der Waals surface area contributed by atoms with Crippen LogP contribution in [0, 0.1) is 0 Å². The Balaban J connectivity index is 1.72. The number of halogens is 2. The molecule has 3 aromatic carbocycles. The fourth-order valence-electron chi connectivity index (χ4n) is 4.95. The Morgan fingerprint density at radius 3 is 2.20 bits per heavy atom. The largest absolute Gasteiger partial charge is 0.352 e. The van der Waals surface area contributed by atoms with E-state index in [9.17, 15) is 18.0 Å². The van der Waals surface area contributed by atoms with Gasteiger partial charge in [-0.15, -0.1) is 0 Å². The molecule has 2 amide bonds. The number of nitrogens with one attached hydrogen (secondary N) is 1. The van der Waals surface area contributed by atoms with Gasteiger partial charge in [0.2, 0.25) is 21.8 Å². The number of hydrogen-bond acceptors (Lipinski definition) is 4. The van der Waals surface area contributed by atoms with E-state index in [-0.39, 0.29) is 30.6 Å². The van der Waals surface area contributed by atoms with Crippen molar-refractivity contribution in [3.63, 3.8) is 0 Å². The third-order valence-corrected chi connectivity index (χ3v) is 8.64. The molecular formula is C30H33Cl2N3O4S. The van der Waals surface area contributed by atoms with Gasteiger partial charge in [0.15, 0.2) is 0 Å². The van der Waals surface area contributed by atoms with Crippen LogP contribution in [-0.4, -0.2) is 50.0 Å². The number of rotatable bonds is 11. The van der Waals surface area contributed by atoms with Crippen LogP contribution in [0.5, 0.6) is 0 Å². The zero-order valence-corrected chi connectivity index (χ0v) is 24.6. The Morgan fingerprint density at radius 2 is 1.57 bits per heavy atom. The number of carbonyl (C=O) groups excluding carboxylic acids is 2. The molecule has 1 saturated carbocycles. The summed E-state index contributed by atoms with van der Waals surface area (Å²) >= 11 is 12.2. The van der Waals surface area contributed by atoms with E-state index in [0.717, 1.165) is 47.4 Å². The number of carbonyl (C=O) groups is 2. The van der Waals surface area contributed by atoms with Gasteiger partial charge in [-0.25, -0.2) is 8.42 Å². The monoisotopic (exact) mass is 601 g/mol. The van der Waals surface area contributed by atoms with Crippen molar-refractivity contribution in [3.8, 4) is 0 Å². The van der Waals surface area contributed by atoms with Crippen molar-refractivity contribution >= 4 is 50.7 Å². The molecule has 10 heteroatoms. The van der Waals surface area contributed by atoms with Crippen LogP contribution < -0.4 is 9.62 Å². The predicted octanol–water partition coefficient (Wildman–Crippen LogP) is 5.46. The van der Waals surface area contributed by atoms with Crippen LogP contribution in [-0.2, 0) is 32.6 Å². The van der Waals surface area contributed by atoms with Crippen molar-refractivity contribution in [3.05, 3.63) is 100 Å². The third kappa shape index (κ3) is 8.22. The summed E-state index contributed by atoms with van der Waals surface area (Å²) in [4.78, 5) is 29.4. The molecule has 0 bridgehead atoms. The maximum Gasteiger partial charge on any atom is 0.244 e. The minimum Gasteiger partial charge on any atom is -0.352 e. The number of hydrogen-bond donors (Lipinski definition) is 1. The smallest absolute Gasteiger partial charge is 0.244 e. The zero-order valence-electron chi connectivity index (χ0n) is 22.3. The van der Waals surface area contributed by atoms with Crippen molar-refractivity contribution in [1.29, 1.82) is 0 Å². The highest BCUT2D eigenvalue weighted by Crippen LogP contribution is 2.24. The summed E-state index contributed by atoms with van der Waals surface area (Å²) in [7, 11) is -3.86. The van der Waals surface area contributed by atoms with Crippen LogP contribution in [0.25, 0.3) is 0 Å². The number of amides is 2. The average molecular weight is 603 g/mol. The van der Waals surface area contributed by atoms with Crippen LogP contribution in [0.4, 0.5) is 5.69 Å². The molecule has 40 heavy (non-hydrogen) atoms. The van der Waals surface area contributed by atoms with E-state index in [4.69, 9.17) is 23.2 Å². The lowest BCUT2D eigenvalue weighted by Crippen LogP contribution is -2.54. The van der Waals surface area contributed by atoms with Gasteiger partial charge in [0.25, 0.3) is 0 Å². The molecule has 1 N–H and O–H groups in total. The lowest BCUT2D eigenvalue weighted by Gasteiger charge is -2.34. The molecule has 3 aromatic rings. The molecule has 1 aliphatic carbocycles. The van der Waals surface area contributed by atoms with E-state index in [1.54, 1.807) is 42.5 Å². The van der Waals surface area contributed by atoms with Crippen molar-refractivity contribution in [2.45, 2.75) is 50.7 Å². The first-order valence-electron chi connectivity index (χ1n) is 13.2. The summed E-state index contributed by atoms with van der Waals surface area (Å²) in [6, 6.07) is 22.0. The zero-order chi connectivity index (χ0) is 28.7. The Hall–Kier alpha value is -3.07. The summed E-state index contributed by atoms with van der Waals surface area (Å²) in [5.74, 6) is -0.769. The fourth-order valence-corrected chi connectivity index (χ4v) is 6.10. The lowest BCUT2D eigenvalue weighted by molar-refractivity contribution is -0.140. The topological polar surface area (TPSA) is 86.8 Å². The van der Waals surface area contributed by atoms with E-state index >= 15 is 0 Å². The van der Waals surface area contributed by atoms with Crippen molar-refractivity contribution in [2.75, 3.05) is 17.1 Å². The summed E-state index contributed by atoms with van der Waals surface area (Å²) in [6.07, 6.45) is 5.19. The number of anilines is 1. The van der Waals surface area contributed by atoms with E-state index in [2.05, 4.69) is 5.32 Å². The van der Waals surface area contributed by atoms with Gasteiger partial charge in [-0.1, -0.05) is 84.6 Å². The van der Waals surface area contributed by atoms with Gasteiger partial charge in [-0.3, -0.25) is 13.9 Å². The second kappa shape index (κ2) is 13.5. The van der Waals surface area contributed by atoms with Crippen molar-refractivity contribution in [2.24, 2.45) is 0 Å². The number of nitrogens with zero attached hydrogens (tertiary/aromatic N) is 2. The first kappa shape index (κ1) is 29.9. The highest BCUT2D eigenvalue weighted by atomic mass is 35.5. The molecule has 212 valence electrons. The molecule has 0 heterocycles. The standard InChI is InChI=1S/C30H33Cl2N3O4S/c1-40(38,39)35(27-13-7-10-25(32)19-27)21-29(36)34(20-23-14-16-24(31)17-15-23)28(18-22-8-3-2-4-9-22)30(37)33-26-11-5-6-12-26/h2-4,7-10,13-17,19,26,28H,5-6,11-12,18,20-21H2,1H3,(H,33,37)/t28-/m0/s1. The summed E-state index contributed by atoms with van der Waals surface area (Å²) < 4.78 is 26.7. The quantitative estimate of drug-likeness (QED) is 0.316. The highest BCUT2D eigenvalue weighted by Gasteiger charge is 2.34. The van der Waals surface area contributed by atoms with Gasteiger partial charge in [0, 0.05) is 29.1 Å². The van der Waals surface area contributed by atoms with Gasteiger partial charge in [-0.05, 0) is 54.3 Å². The molecule has 0 aromatic heterocycles. The maximum absolute atomic E-state index is 14.1. The molecule has 4 rings (SSSR count). The molecule has 1 fully saturated rings. The lowest BCUT2D eigenvalue weighted by atomic mass is 10.0. The van der Waals surface area contributed by atoms with Gasteiger partial charge in [0.05, 0.1) is 11.9 Å². The normalized spacial score (nSPS) is 14.5. The Labute approximate surface area is 246 Å². The number of benzene rings is 3. The predicted molar refractivity (Wildman–Crippen MR) is 160 cm³/mol. The molecule has 0 aliphatic heterocycles. The van der Waals surface area contributed by atoms with Crippen LogP contribution in [0.1, 0.15) is 36.8 Å². The van der Waals surface area contributed by atoms with E-state index in [1.807, 2.05) is 30.3 Å². The van der Waals surface area contributed by atoms with Crippen molar-refractivity contribution < 1.29 is 18.0 Å². The fraction of sp³-hybridized carbons (Fsp3) is 0.333. The van der Waals surface area contributed by atoms with Crippen LogP contribution in [0.2, 0.25) is 10.0 Å². The van der Waals surface area contributed by atoms with Crippen molar-refractivity contribution in [1.82, 2.24) is 10.2 Å². The second-order valence-electron chi connectivity index (χ2n) is 10.1. The van der Waals surface area contributed by atoms with E-state index in [0.29, 0.717) is 10.0 Å². The van der Waals surface area contributed by atoms with E-state index < -0.39 is 28.5 Å². The summed E-state index contributed by atoms with van der Waals surface area (Å²) in [6.45, 7) is -0.395. The SMILES string of the molecule is CS(=O)(=O)N(CC(=O)N(Cc1ccc(Cl)cc1)[C@@H](Cc1ccccc1)C(=O)NC1CCCC1)c1cccc(Cl)c1. The third-order valence-electron chi connectivity index (χ3n) is 7.01. The molecular weight excluding hydrogens is 569 g/mol. The molecule has 0 spiro atoms. The van der Waals surface area contributed by atoms with Gasteiger partial charge in [0.1, 0.15) is 12.6 Å². The van der Waals surface area contributed by atoms with Crippen LogP contribution in [0.3, 0.4) is 0 Å². The van der Waals surface area contributed by atoms with Crippen LogP contribution >= 0.6 is 23.2 Å². The summed E-state index contributed by atoms with van der Waals surface area (Å²) in [5.41, 5.74) is 1.92. The Kier molecular flexibility index (Phi) is 10.1. The molecule has 1 atom stereocenters. The minimum atomic E-state index is -3.86. The molecule has 0 radical (unpaired) electrons. The molecule has 7 nitrogen and oxygen atoms in total. The highest BCUT2D eigenvalue weighted by molar-refractivity contribution is 7.92. The second-order valence-corrected chi connectivity index (χ2v) is 12.9. The first-order valence-corrected chi connectivity index (χ1v) is 15.8. The average Bonchev–Trinajstić information content (AvgIpc) is 3.43. The Morgan fingerprint density at radius 1 is 0.900 bits per heavy atom. The minimum absolute atomic E-state index is 0.0530.